The molecule has 1 saturated heterocycles. The van der Waals surface area contributed by atoms with Gasteiger partial charge in [0.05, 0.1) is 5.69 Å². The van der Waals surface area contributed by atoms with E-state index < -0.39 is 0 Å². The number of benzene rings is 2. The van der Waals surface area contributed by atoms with Crippen molar-refractivity contribution in [1.29, 1.82) is 0 Å². The van der Waals surface area contributed by atoms with Crippen LogP contribution in [0.2, 0.25) is 0 Å². The van der Waals surface area contributed by atoms with Crippen LogP contribution in [0.25, 0.3) is 0 Å². The number of likely N-dealkylation sites (tertiary alicyclic amines) is 1. The lowest BCUT2D eigenvalue weighted by Gasteiger charge is -2.15. The summed E-state index contributed by atoms with van der Waals surface area (Å²) in [5.74, 6) is -0.152. The minimum atomic E-state index is -0.195. The number of halogens is 1. The molecule has 1 fully saturated rings. The van der Waals surface area contributed by atoms with Gasteiger partial charge in [0.2, 0.25) is 0 Å². The predicted octanol–water partition coefficient (Wildman–Crippen LogP) is 4.25. The van der Waals surface area contributed by atoms with Crippen LogP contribution in [0.5, 0.6) is 0 Å². The summed E-state index contributed by atoms with van der Waals surface area (Å²) in [6.07, 6.45) is 2.13. The molecule has 0 aliphatic carbocycles. The Morgan fingerprint density at radius 3 is 2.25 bits per heavy atom. The molecule has 3 rings (SSSR count). The average molecular weight is 387 g/mol. The van der Waals surface area contributed by atoms with Crippen molar-refractivity contribution in [2.75, 3.05) is 18.4 Å². The van der Waals surface area contributed by atoms with E-state index in [2.05, 4.69) is 21.2 Å². The fraction of sp³-hybridized carbons (Fsp3) is 0.263. The average Bonchev–Trinajstić information content (AvgIpc) is 3.11. The zero-order valence-electron chi connectivity index (χ0n) is 13.5. The minimum Gasteiger partial charge on any atom is -0.339 e. The molecule has 0 bridgehead atoms. The molecular weight excluding hydrogens is 368 g/mol. The molecule has 1 heterocycles. The van der Waals surface area contributed by atoms with Gasteiger partial charge in [-0.1, -0.05) is 6.07 Å². The van der Waals surface area contributed by atoms with Crippen LogP contribution in [0.1, 0.15) is 39.1 Å². The Morgan fingerprint density at radius 2 is 1.62 bits per heavy atom. The topological polar surface area (TPSA) is 49.4 Å². The number of carbonyl (C=O) groups is 2. The second kappa shape index (κ2) is 7.18. The standard InChI is InChI=1S/C19H19BrN2O2/c1-13-4-9-17(16(20)12-13)21-18(23)14-5-7-15(8-6-14)19(24)22-10-2-3-11-22/h4-9,12H,2-3,10-11H2,1H3,(H,21,23). The van der Waals surface area contributed by atoms with E-state index in [1.54, 1.807) is 24.3 Å². The van der Waals surface area contributed by atoms with Gasteiger partial charge in [-0.05, 0) is 77.7 Å². The molecule has 5 heteroatoms. The Kier molecular flexibility index (Phi) is 5.00. The van der Waals surface area contributed by atoms with Crippen molar-refractivity contribution >= 4 is 33.4 Å². The summed E-state index contributed by atoms with van der Waals surface area (Å²) in [7, 11) is 0. The third-order valence-corrected chi connectivity index (χ3v) is 4.82. The van der Waals surface area contributed by atoms with Gasteiger partial charge >= 0.3 is 0 Å². The molecular formula is C19H19BrN2O2. The molecule has 24 heavy (non-hydrogen) atoms. The Labute approximate surface area is 150 Å². The smallest absolute Gasteiger partial charge is 0.255 e. The predicted molar refractivity (Wildman–Crippen MR) is 98.4 cm³/mol. The Balaban J connectivity index is 1.70. The molecule has 0 atom stereocenters. The van der Waals surface area contributed by atoms with Gasteiger partial charge in [-0.2, -0.15) is 0 Å². The highest BCUT2D eigenvalue weighted by atomic mass is 79.9. The van der Waals surface area contributed by atoms with Crippen molar-refractivity contribution in [2.45, 2.75) is 19.8 Å². The van der Waals surface area contributed by atoms with Crippen LogP contribution in [0, 0.1) is 6.92 Å². The molecule has 0 radical (unpaired) electrons. The van der Waals surface area contributed by atoms with Gasteiger partial charge in [0, 0.05) is 28.7 Å². The van der Waals surface area contributed by atoms with Crippen LogP contribution in [0.3, 0.4) is 0 Å². The molecule has 0 spiro atoms. The molecule has 2 amide bonds. The number of hydrogen-bond donors (Lipinski definition) is 1. The molecule has 124 valence electrons. The molecule has 2 aromatic carbocycles. The molecule has 0 saturated carbocycles. The summed E-state index contributed by atoms with van der Waals surface area (Å²) >= 11 is 3.45. The van der Waals surface area contributed by atoms with Crippen molar-refractivity contribution in [1.82, 2.24) is 4.90 Å². The first kappa shape index (κ1) is 16.7. The van der Waals surface area contributed by atoms with Gasteiger partial charge < -0.3 is 10.2 Å². The first-order valence-electron chi connectivity index (χ1n) is 8.01. The number of carbonyl (C=O) groups excluding carboxylic acids is 2. The third kappa shape index (κ3) is 3.67. The zero-order chi connectivity index (χ0) is 17.1. The molecule has 4 nitrogen and oxygen atoms in total. The number of rotatable bonds is 3. The van der Waals surface area contributed by atoms with Crippen molar-refractivity contribution in [3.63, 3.8) is 0 Å². The number of aryl methyl sites for hydroxylation is 1. The number of amides is 2. The number of hydrogen-bond acceptors (Lipinski definition) is 2. The summed E-state index contributed by atoms with van der Waals surface area (Å²) in [6.45, 7) is 3.64. The Morgan fingerprint density at radius 1 is 1.00 bits per heavy atom. The fourth-order valence-corrected chi connectivity index (χ4v) is 3.38. The fourth-order valence-electron chi connectivity index (χ4n) is 2.78. The van der Waals surface area contributed by atoms with Crippen LogP contribution in [-0.2, 0) is 0 Å². The maximum absolute atomic E-state index is 12.4. The van der Waals surface area contributed by atoms with E-state index in [1.807, 2.05) is 30.0 Å². The van der Waals surface area contributed by atoms with E-state index in [-0.39, 0.29) is 11.8 Å². The minimum absolute atomic E-state index is 0.0423. The number of nitrogens with one attached hydrogen (secondary N) is 1. The van der Waals surface area contributed by atoms with Crippen molar-refractivity contribution in [3.8, 4) is 0 Å². The molecule has 1 N–H and O–H groups in total. The SMILES string of the molecule is Cc1ccc(NC(=O)c2ccc(C(=O)N3CCCC3)cc2)c(Br)c1. The third-order valence-electron chi connectivity index (χ3n) is 4.16. The number of anilines is 1. The monoisotopic (exact) mass is 386 g/mol. The van der Waals surface area contributed by atoms with E-state index in [0.29, 0.717) is 11.1 Å². The van der Waals surface area contributed by atoms with Crippen LogP contribution in [0.4, 0.5) is 5.69 Å². The summed E-state index contributed by atoms with van der Waals surface area (Å²) < 4.78 is 0.844. The van der Waals surface area contributed by atoms with Crippen molar-refractivity contribution in [3.05, 3.63) is 63.6 Å². The van der Waals surface area contributed by atoms with E-state index in [9.17, 15) is 9.59 Å². The summed E-state index contributed by atoms with van der Waals surface area (Å²) in [4.78, 5) is 26.5. The lowest BCUT2D eigenvalue weighted by atomic mass is 10.1. The van der Waals surface area contributed by atoms with Crippen molar-refractivity contribution < 1.29 is 9.59 Å². The first-order chi connectivity index (χ1) is 11.5. The van der Waals surface area contributed by atoms with Gasteiger partial charge in [0.15, 0.2) is 0 Å². The van der Waals surface area contributed by atoms with E-state index in [4.69, 9.17) is 0 Å². The largest absolute Gasteiger partial charge is 0.339 e. The van der Waals surface area contributed by atoms with Crippen LogP contribution in [0.15, 0.2) is 46.9 Å². The highest BCUT2D eigenvalue weighted by Gasteiger charge is 2.19. The van der Waals surface area contributed by atoms with Gasteiger partial charge in [0.25, 0.3) is 11.8 Å². The molecule has 0 aromatic heterocycles. The quantitative estimate of drug-likeness (QED) is 0.856. The highest BCUT2D eigenvalue weighted by molar-refractivity contribution is 9.10. The second-order valence-corrected chi connectivity index (χ2v) is 6.87. The van der Waals surface area contributed by atoms with Crippen LogP contribution >= 0.6 is 15.9 Å². The van der Waals surface area contributed by atoms with Gasteiger partial charge in [-0.15, -0.1) is 0 Å². The second-order valence-electron chi connectivity index (χ2n) is 6.01. The van der Waals surface area contributed by atoms with Gasteiger partial charge in [-0.25, -0.2) is 0 Å². The Bertz CT molecular complexity index is 765. The molecule has 1 aliphatic rings. The summed E-state index contributed by atoms with van der Waals surface area (Å²) in [5, 5.41) is 2.88. The van der Waals surface area contributed by atoms with Gasteiger partial charge in [0.1, 0.15) is 0 Å². The molecule has 0 unspecified atom stereocenters. The normalized spacial score (nSPS) is 13.8. The van der Waals surface area contributed by atoms with Crippen LogP contribution < -0.4 is 5.32 Å². The maximum Gasteiger partial charge on any atom is 0.255 e. The van der Waals surface area contributed by atoms with E-state index in [0.717, 1.165) is 41.7 Å². The molecule has 1 aliphatic heterocycles. The summed E-state index contributed by atoms with van der Waals surface area (Å²) in [5.41, 5.74) is 3.00. The molecule has 2 aromatic rings. The summed E-state index contributed by atoms with van der Waals surface area (Å²) in [6, 6.07) is 12.6. The van der Waals surface area contributed by atoms with Crippen molar-refractivity contribution in [2.24, 2.45) is 0 Å². The highest BCUT2D eigenvalue weighted by Crippen LogP contribution is 2.24. The zero-order valence-corrected chi connectivity index (χ0v) is 15.1. The Hall–Kier alpha value is -2.14. The van der Waals surface area contributed by atoms with Crippen LogP contribution in [-0.4, -0.2) is 29.8 Å². The maximum atomic E-state index is 12.4. The lowest BCUT2D eigenvalue weighted by molar-refractivity contribution is 0.0792. The van der Waals surface area contributed by atoms with E-state index >= 15 is 0 Å². The van der Waals surface area contributed by atoms with Gasteiger partial charge in [-0.3, -0.25) is 9.59 Å². The number of nitrogens with zero attached hydrogens (tertiary/aromatic N) is 1. The lowest BCUT2D eigenvalue weighted by Crippen LogP contribution is -2.27. The first-order valence-corrected chi connectivity index (χ1v) is 8.81. The van der Waals surface area contributed by atoms with E-state index in [1.165, 1.54) is 0 Å².